The van der Waals surface area contributed by atoms with Crippen LogP contribution in [0.2, 0.25) is 5.02 Å². The van der Waals surface area contributed by atoms with Crippen molar-refractivity contribution >= 4 is 29.2 Å². The number of rotatable bonds is 5. The van der Waals surface area contributed by atoms with Crippen molar-refractivity contribution < 1.29 is 24.3 Å². The highest BCUT2D eigenvalue weighted by atomic mass is 35.5. The van der Waals surface area contributed by atoms with Crippen molar-refractivity contribution in [1.29, 1.82) is 0 Å². The summed E-state index contributed by atoms with van der Waals surface area (Å²) in [6.07, 6.45) is 3.94. The van der Waals surface area contributed by atoms with Crippen LogP contribution in [0, 0.1) is 5.92 Å². The van der Waals surface area contributed by atoms with E-state index in [1.54, 1.807) is 29.3 Å². The van der Waals surface area contributed by atoms with Gasteiger partial charge in [0.1, 0.15) is 5.60 Å². The number of ether oxygens (including phenoxy) is 1. The first-order valence-electron chi connectivity index (χ1n) is 9.69. The molecule has 0 aromatic heterocycles. The zero-order valence-corrected chi connectivity index (χ0v) is 16.6. The van der Waals surface area contributed by atoms with Crippen LogP contribution in [0.15, 0.2) is 48.5 Å². The molecule has 1 unspecified atom stereocenters. The van der Waals surface area contributed by atoms with E-state index >= 15 is 0 Å². The van der Waals surface area contributed by atoms with E-state index in [9.17, 15) is 9.59 Å². The van der Waals surface area contributed by atoms with Crippen LogP contribution in [0.3, 0.4) is 0 Å². The number of benzene rings is 2. The van der Waals surface area contributed by atoms with Crippen LogP contribution in [0.5, 0.6) is 5.75 Å². The number of fused-ring (bicyclic) bond motifs is 1. The van der Waals surface area contributed by atoms with Crippen LogP contribution in [0.1, 0.15) is 31.2 Å². The van der Waals surface area contributed by atoms with Gasteiger partial charge >= 0.3 is 11.9 Å². The molecule has 1 saturated carbocycles. The molecule has 1 heterocycles. The van der Waals surface area contributed by atoms with E-state index < -0.39 is 17.5 Å². The number of aliphatic carboxylic acids is 1. The van der Waals surface area contributed by atoms with E-state index in [4.69, 9.17) is 26.3 Å². The van der Waals surface area contributed by atoms with Crippen molar-refractivity contribution in [3.05, 3.63) is 59.1 Å². The molecule has 29 heavy (non-hydrogen) atoms. The average Bonchev–Trinajstić information content (AvgIpc) is 3.51. The lowest BCUT2D eigenvalue weighted by atomic mass is 9.90. The lowest BCUT2D eigenvalue weighted by molar-refractivity contribution is -0.176. The highest BCUT2D eigenvalue weighted by molar-refractivity contribution is 6.30. The van der Waals surface area contributed by atoms with Crippen molar-refractivity contribution in [3.8, 4) is 5.75 Å². The Morgan fingerprint density at radius 3 is 2.69 bits per heavy atom. The van der Waals surface area contributed by atoms with Gasteiger partial charge in [0.25, 0.3) is 0 Å². The maximum absolute atomic E-state index is 12.0. The van der Waals surface area contributed by atoms with Crippen LogP contribution < -0.4 is 9.90 Å². The molecule has 1 atom stereocenters. The minimum atomic E-state index is -1.58. The van der Waals surface area contributed by atoms with Gasteiger partial charge in [-0.05, 0) is 48.9 Å². The van der Waals surface area contributed by atoms with E-state index in [0.29, 0.717) is 36.0 Å². The number of carboxylic acids is 1. The molecule has 0 radical (unpaired) electrons. The second-order valence-corrected chi connectivity index (χ2v) is 8.18. The number of para-hydroxylation sites is 1. The van der Waals surface area contributed by atoms with Crippen LogP contribution >= 0.6 is 11.6 Å². The van der Waals surface area contributed by atoms with Crippen molar-refractivity contribution in [2.24, 2.45) is 5.92 Å². The molecular weight excluding hydrogens is 394 g/mol. The number of hydrogen-bond acceptors (Lipinski definition) is 5. The van der Waals surface area contributed by atoms with E-state index in [1.165, 1.54) is 0 Å². The largest absolute Gasteiger partial charge is 0.473 e. The average molecular weight is 416 g/mol. The highest BCUT2D eigenvalue weighted by Gasteiger charge is 2.45. The maximum Gasteiger partial charge on any atom is 0.417 e. The predicted molar refractivity (Wildman–Crippen MR) is 108 cm³/mol. The predicted octanol–water partition coefficient (Wildman–Crippen LogP) is 4.25. The zero-order valence-electron chi connectivity index (χ0n) is 15.8. The van der Waals surface area contributed by atoms with Gasteiger partial charge in [0.15, 0.2) is 5.75 Å². The monoisotopic (exact) mass is 415 g/mol. The summed E-state index contributed by atoms with van der Waals surface area (Å²) >= 11 is 6.10. The number of carboxylic acid groups (broad SMARTS) is 1. The lowest BCUT2D eigenvalue weighted by Gasteiger charge is -2.36. The third-order valence-corrected chi connectivity index (χ3v) is 5.63. The van der Waals surface area contributed by atoms with Gasteiger partial charge in [0.05, 0.1) is 12.2 Å². The molecule has 1 aliphatic heterocycles. The first-order chi connectivity index (χ1) is 13.9. The number of halogens is 1. The van der Waals surface area contributed by atoms with Crippen LogP contribution in [0.4, 0.5) is 5.69 Å². The van der Waals surface area contributed by atoms with E-state index in [2.05, 4.69) is 0 Å². The Labute approximate surface area is 173 Å². The second-order valence-electron chi connectivity index (χ2n) is 7.74. The smallest absolute Gasteiger partial charge is 0.417 e. The topological polar surface area (TPSA) is 76.1 Å². The van der Waals surface area contributed by atoms with Crippen LogP contribution in [-0.2, 0) is 20.7 Å². The Balaban J connectivity index is 1.69. The fraction of sp³-hybridized carbons (Fsp3) is 0.364. The fourth-order valence-corrected chi connectivity index (χ4v) is 4.05. The zero-order chi connectivity index (χ0) is 20.4. The minimum absolute atomic E-state index is 0.242. The van der Waals surface area contributed by atoms with Crippen molar-refractivity contribution in [2.45, 2.75) is 37.7 Å². The van der Waals surface area contributed by atoms with E-state index in [-0.39, 0.29) is 6.54 Å². The van der Waals surface area contributed by atoms with Gasteiger partial charge in [-0.1, -0.05) is 48.7 Å². The third kappa shape index (κ3) is 4.65. The number of nitrogens with zero attached hydrogens (tertiary/aromatic N) is 1. The van der Waals surface area contributed by atoms with Gasteiger partial charge in [-0.25, -0.2) is 14.7 Å². The molecule has 2 aliphatic rings. The Hall–Kier alpha value is -2.73. The molecule has 1 aliphatic carbocycles. The molecule has 2 aromatic carbocycles. The summed E-state index contributed by atoms with van der Waals surface area (Å²) in [5.74, 6) is -1.81. The molecular formula is C22H22ClNO5. The molecule has 7 heteroatoms. The molecule has 1 fully saturated rings. The Morgan fingerprint density at radius 1 is 1.17 bits per heavy atom. The summed E-state index contributed by atoms with van der Waals surface area (Å²) in [6, 6.07) is 14.9. The fourth-order valence-electron chi connectivity index (χ4n) is 3.87. The van der Waals surface area contributed by atoms with Crippen molar-refractivity contribution in [1.82, 2.24) is 0 Å². The van der Waals surface area contributed by atoms with Gasteiger partial charge in [0, 0.05) is 11.1 Å². The molecule has 0 bridgehead atoms. The van der Waals surface area contributed by atoms with Gasteiger partial charge < -0.3 is 14.7 Å². The summed E-state index contributed by atoms with van der Waals surface area (Å²) in [4.78, 5) is 29.4. The van der Waals surface area contributed by atoms with Crippen LogP contribution in [0.25, 0.3) is 0 Å². The third-order valence-electron chi connectivity index (χ3n) is 5.40. The molecule has 152 valence electrons. The van der Waals surface area contributed by atoms with Gasteiger partial charge in [0.2, 0.25) is 0 Å². The number of aryl methyl sites for hydroxylation is 1. The summed E-state index contributed by atoms with van der Waals surface area (Å²) in [5, 5.41) is 11.4. The molecule has 1 N–H and O–H groups in total. The molecule has 6 nitrogen and oxygen atoms in total. The normalized spacial score (nSPS) is 21.1. The second kappa shape index (κ2) is 7.95. The standard InChI is InChI=1S/C22H22ClNO5/c23-17-5-3-6-18(12-17)29-24-14-22(13-15-8-9-15,28-21(27)20(25)26)11-10-16-4-1-2-7-19(16)24/h1-7,12,15H,8-11,13-14H2,(H,25,26). The Kier molecular flexibility index (Phi) is 5.37. The maximum atomic E-state index is 12.0. The molecule has 0 spiro atoms. The molecule has 2 aromatic rings. The van der Waals surface area contributed by atoms with Crippen molar-refractivity contribution in [2.75, 3.05) is 11.6 Å². The summed E-state index contributed by atoms with van der Waals surface area (Å²) < 4.78 is 5.61. The lowest BCUT2D eigenvalue weighted by Crippen LogP contribution is -2.48. The molecule has 0 amide bonds. The highest BCUT2D eigenvalue weighted by Crippen LogP contribution is 2.43. The number of hydroxylamine groups is 1. The van der Waals surface area contributed by atoms with Gasteiger partial charge in [-0.3, -0.25) is 0 Å². The van der Waals surface area contributed by atoms with Crippen molar-refractivity contribution in [3.63, 3.8) is 0 Å². The Morgan fingerprint density at radius 2 is 1.97 bits per heavy atom. The number of anilines is 1. The van der Waals surface area contributed by atoms with E-state index in [0.717, 1.165) is 24.1 Å². The molecule has 0 saturated heterocycles. The number of carbonyl (C=O) groups is 2. The number of carbonyl (C=O) groups excluding carboxylic acids is 1. The minimum Gasteiger partial charge on any atom is -0.473 e. The Bertz CT molecular complexity index is 929. The van der Waals surface area contributed by atoms with Gasteiger partial charge in [-0.15, -0.1) is 0 Å². The number of esters is 1. The van der Waals surface area contributed by atoms with Crippen LogP contribution in [-0.4, -0.2) is 29.2 Å². The first-order valence-corrected chi connectivity index (χ1v) is 10.1. The molecule has 4 rings (SSSR count). The quantitative estimate of drug-likeness (QED) is 0.581. The summed E-state index contributed by atoms with van der Waals surface area (Å²) in [7, 11) is 0. The summed E-state index contributed by atoms with van der Waals surface area (Å²) in [6.45, 7) is 0.242. The van der Waals surface area contributed by atoms with E-state index in [1.807, 2.05) is 24.3 Å². The SMILES string of the molecule is O=C(O)C(=O)OC1(CC2CC2)CCc2ccccc2N(Oc2cccc(Cl)c2)C1. The van der Waals surface area contributed by atoms with Gasteiger partial charge in [-0.2, -0.15) is 0 Å². The number of hydrogen-bond donors (Lipinski definition) is 1. The first kappa shape index (κ1) is 19.6. The summed E-state index contributed by atoms with van der Waals surface area (Å²) in [5.41, 5.74) is 0.990.